The van der Waals surface area contributed by atoms with Crippen molar-refractivity contribution in [3.63, 3.8) is 0 Å². The number of thiophene rings is 2. The second kappa shape index (κ2) is 9.75. The zero-order chi connectivity index (χ0) is 21.8. The third-order valence-electron chi connectivity index (χ3n) is 5.63. The molecule has 3 aromatic rings. The molecule has 1 atom stereocenters. The summed E-state index contributed by atoms with van der Waals surface area (Å²) < 4.78 is 14.5. The summed E-state index contributed by atoms with van der Waals surface area (Å²) in [5, 5.41) is 6.95. The fourth-order valence-electron chi connectivity index (χ4n) is 3.99. The van der Waals surface area contributed by atoms with Crippen LogP contribution >= 0.6 is 22.7 Å². The molecule has 1 saturated carbocycles. The van der Waals surface area contributed by atoms with Crippen LogP contribution in [0, 0.1) is 12.7 Å². The lowest BCUT2D eigenvalue weighted by molar-refractivity contribution is -0.126. The van der Waals surface area contributed by atoms with Crippen molar-refractivity contribution in [2.45, 2.75) is 51.1 Å². The van der Waals surface area contributed by atoms with Gasteiger partial charge in [-0.15, -0.1) is 22.7 Å². The zero-order valence-electron chi connectivity index (χ0n) is 17.3. The van der Waals surface area contributed by atoms with E-state index < -0.39 is 11.9 Å². The molecule has 1 fully saturated rings. The predicted octanol–water partition coefficient (Wildman–Crippen LogP) is 5.63. The molecule has 1 aliphatic rings. The van der Waals surface area contributed by atoms with Crippen LogP contribution in [-0.2, 0) is 16.0 Å². The van der Waals surface area contributed by atoms with E-state index in [0.717, 1.165) is 35.4 Å². The average molecular weight is 457 g/mol. The van der Waals surface area contributed by atoms with E-state index in [0.29, 0.717) is 11.3 Å². The van der Waals surface area contributed by atoms with Crippen molar-refractivity contribution in [2.24, 2.45) is 0 Å². The maximum absolute atomic E-state index is 14.5. The minimum atomic E-state index is -0.838. The number of nitrogens with zero attached hydrogens (tertiary/aromatic N) is 1. The Bertz CT molecular complexity index is 1030. The number of halogens is 1. The number of carbonyl (C=O) groups is 2. The van der Waals surface area contributed by atoms with Crippen LogP contribution in [0.1, 0.15) is 47.0 Å². The smallest absolute Gasteiger partial charge is 0.248 e. The number of hydrogen-bond donors (Lipinski definition) is 1. The molecule has 0 saturated heterocycles. The molecule has 7 heteroatoms. The summed E-state index contributed by atoms with van der Waals surface area (Å²) in [5.74, 6) is -0.840. The van der Waals surface area contributed by atoms with E-state index in [1.807, 2.05) is 35.0 Å². The lowest BCUT2D eigenvalue weighted by Crippen LogP contribution is -2.46. The third-order valence-corrected chi connectivity index (χ3v) is 7.43. The highest BCUT2D eigenvalue weighted by atomic mass is 32.1. The Kier molecular flexibility index (Phi) is 6.83. The summed E-state index contributed by atoms with van der Waals surface area (Å²) >= 11 is 2.92. The van der Waals surface area contributed by atoms with Gasteiger partial charge in [-0.25, -0.2) is 4.39 Å². The number of anilines is 1. The predicted molar refractivity (Wildman–Crippen MR) is 124 cm³/mol. The maximum atomic E-state index is 14.5. The largest absolute Gasteiger partial charge is 0.351 e. The van der Waals surface area contributed by atoms with Crippen molar-refractivity contribution >= 4 is 40.2 Å². The summed E-state index contributed by atoms with van der Waals surface area (Å²) in [5.41, 5.74) is 0.891. The number of nitrogens with one attached hydrogen (secondary N) is 1. The van der Waals surface area contributed by atoms with Gasteiger partial charge in [-0.3, -0.25) is 14.5 Å². The lowest BCUT2D eigenvalue weighted by Gasteiger charge is -2.31. The second-order valence-electron chi connectivity index (χ2n) is 7.86. The van der Waals surface area contributed by atoms with E-state index in [9.17, 15) is 14.0 Å². The van der Waals surface area contributed by atoms with E-state index in [-0.39, 0.29) is 24.3 Å². The number of benzene rings is 1. The van der Waals surface area contributed by atoms with Crippen molar-refractivity contribution in [2.75, 3.05) is 4.90 Å². The Morgan fingerprint density at radius 1 is 1.13 bits per heavy atom. The molecule has 0 bridgehead atoms. The Morgan fingerprint density at radius 2 is 1.87 bits per heavy atom. The Balaban J connectivity index is 1.73. The molecular formula is C24H25FN2O2S2. The number of carbonyl (C=O) groups excluding carboxylic acids is 2. The first-order chi connectivity index (χ1) is 15.0. The topological polar surface area (TPSA) is 49.4 Å². The molecule has 2 heterocycles. The molecule has 0 radical (unpaired) electrons. The summed E-state index contributed by atoms with van der Waals surface area (Å²) in [6.45, 7) is 1.68. The standard InChI is InChI=1S/C24H25FN2O2S2/c1-16-10-11-18(14-20(16)25)27(22(28)15-19-8-4-12-30-19)23(21-9-5-13-31-21)24(29)26-17-6-2-3-7-17/h4-5,8-14,17,23H,2-3,6-7,15H2,1H3,(H,26,29)/t23-/m0/s1. The molecule has 0 spiro atoms. The lowest BCUT2D eigenvalue weighted by atomic mass is 10.1. The highest BCUT2D eigenvalue weighted by molar-refractivity contribution is 7.10. The summed E-state index contributed by atoms with van der Waals surface area (Å²) in [7, 11) is 0. The summed E-state index contributed by atoms with van der Waals surface area (Å²) in [6.07, 6.45) is 4.25. The minimum Gasteiger partial charge on any atom is -0.351 e. The van der Waals surface area contributed by atoms with Crippen LogP contribution in [0.3, 0.4) is 0 Å². The molecule has 1 aliphatic carbocycles. The van der Waals surface area contributed by atoms with Gasteiger partial charge in [0.1, 0.15) is 11.9 Å². The van der Waals surface area contributed by atoms with Gasteiger partial charge in [0.05, 0.1) is 6.42 Å². The molecule has 1 aromatic carbocycles. The van der Waals surface area contributed by atoms with Gasteiger partial charge in [0.2, 0.25) is 11.8 Å². The maximum Gasteiger partial charge on any atom is 0.248 e. The fraction of sp³-hybridized carbons (Fsp3) is 0.333. The van der Waals surface area contributed by atoms with Gasteiger partial charge in [-0.1, -0.05) is 31.0 Å². The van der Waals surface area contributed by atoms with Gasteiger partial charge in [0.15, 0.2) is 0 Å². The first kappa shape index (κ1) is 21.7. The molecule has 1 N–H and O–H groups in total. The molecule has 0 unspecified atom stereocenters. The molecule has 31 heavy (non-hydrogen) atoms. The van der Waals surface area contributed by atoms with Gasteiger partial charge < -0.3 is 5.32 Å². The first-order valence-corrected chi connectivity index (χ1v) is 12.2. The van der Waals surface area contributed by atoms with Gasteiger partial charge >= 0.3 is 0 Å². The van der Waals surface area contributed by atoms with Crippen LogP contribution in [0.4, 0.5) is 10.1 Å². The van der Waals surface area contributed by atoms with E-state index in [1.165, 1.54) is 33.6 Å². The SMILES string of the molecule is Cc1ccc(N(C(=O)Cc2cccs2)[C@H](C(=O)NC2CCCC2)c2cccs2)cc1F. The average Bonchev–Trinajstić information content (AvgIpc) is 3.52. The quantitative estimate of drug-likeness (QED) is 0.501. The number of rotatable bonds is 7. The van der Waals surface area contributed by atoms with Crippen LogP contribution in [0.25, 0.3) is 0 Å². The highest BCUT2D eigenvalue weighted by Crippen LogP contribution is 2.33. The van der Waals surface area contributed by atoms with Gasteiger partial charge in [-0.05, 0) is 60.4 Å². The van der Waals surface area contributed by atoms with E-state index >= 15 is 0 Å². The van der Waals surface area contributed by atoms with E-state index in [1.54, 1.807) is 19.1 Å². The minimum absolute atomic E-state index is 0.124. The van der Waals surface area contributed by atoms with Gasteiger partial charge in [0.25, 0.3) is 0 Å². The molecule has 4 nitrogen and oxygen atoms in total. The Hall–Kier alpha value is -2.51. The Morgan fingerprint density at radius 3 is 2.52 bits per heavy atom. The molecule has 4 rings (SSSR count). The summed E-state index contributed by atoms with van der Waals surface area (Å²) in [4.78, 5) is 30.1. The fourth-order valence-corrected chi connectivity index (χ4v) is 5.50. The van der Waals surface area contributed by atoms with Crippen LogP contribution in [0.2, 0.25) is 0 Å². The number of aryl methyl sites for hydroxylation is 1. The Labute approximate surface area is 189 Å². The van der Waals surface area contributed by atoms with Crippen LogP contribution in [-0.4, -0.2) is 17.9 Å². The van der Waals surface area contributed by atoms with Crippen molar-refractivity contribution in [1.82, 2.24) is 5.32 Å². The number of hydrogen-bond acceptors (Lipinski definition) is 4. The van der Waals surface area contributed by atoms with Crippen molar-refractivity contribution in [3.05, 3.63) is 74.4 Å². The van der Waals surface area contributed by atoms with Crippen molar-refractivity contribution in [3.8, 4) is 0 Å². The van der Waals surface area contributed by atoms with E-state index in [4.69, 9.17) is 0 Å². The highest BCUT2D eigenvalue weighted by Gasteiger charge is 2.35. The van der Waals surface area contributed by atoms with Crippen molar-refractivity contribution < 1.29 is 14.0 Å². The monoisotopic (exact) mass is 456 g/mol. The van der Waals surface area contributed by atoms with Crippen LogP contribution in [0.5, 0.6) is 0 Å². The molecule has 162 valence electrons. The normalized spacial score (nSPS) is 15.0. The molecular weight excluding hydrogens is 431 g/mol. The third kappa shape index (κ3) is 5.05. The van der Waals surface area contributed by atoms with Gasteiger partial charge in [-0.2, -0.15) is 0 Å². The van der Waals surface area contributed by atoms with Gasteiger partial charge in [0, 0.05) is 21.5 Å². The van der Waals surface area contributed by atoms with Crippen LogP contribution < -0.4 is 10.2 Å². The van der Waals surface area contributed by atoms with Crippen LogP contribution in [0.15, 0.2) is 53.2 Å². The molecule has 2 aromatic heterocycles. The molecule has 0 aliphatic heterocycles. The zero-order valence-corrected chi connectivity index (χ0v) is 19.0. The second-order valence-corrected chi connectivity index (χ2v) is 9.87. The van der Waals surface area contributed by atoms with Crippen molar-refractivity contribution in [1.29, 1.82) is 0 Å². The summed E-state index contributed by atoms with van der Waals surface area (Å²) in [6, 6.07) is 11.5. The van der Waals surface area contributed by atoms with E-state index in [2.05, 4.69) is 5.32 Å². The molecule has 2 amide bonds. The first-order valence-electron chi connectivity index (χ1n) is 10.5. The number of amides is 2.